The Kier molecular flexibility index (Phi) is 5.86. The van der Waals surface area contributed by atoms with E-state index < -0.39 is 0 Å². The number of anilines is 1. The molecule has 9 heteroatoms. The van der Waals surface area contributed by atoms with Crippen molar-refractivity contribution in [1.82, 2.24) is 25.1 Å². The van der Waals surface area contributed by atoms with Gasteiger partial charge in [0, 0.05) is 24.5 Å². The van der Waals surface area contributed by atoms with E-state index in [1.165, 1.54) is 4.88 Å². The van der Waals surface area contributed by atoms with Crippen molar-refractivity contribution in [2.75, 3.05) is 24.5 Å². The first-order chi connectivity index (χ1) is 15.6. The molecule has 32 heavy (non-hydrogen) atoms. The summed E-state index contributed by atoms with van der Waals surface area (Å²) in [6, 6.07) is 4.14. The average Bonchev–Trinajstić information content (AvgIpc) is 3.53. The molecule has 1 saturated carbocycles. The van der Waals surface area contributed by atoms with Gasteiger partial charge in [-0.3, -0.25) is 4.79 Å². The topological polar surface area (TPSA) is 85.2 Å². The smallest absolute Gasteiger partial charge is 0.231 e. The van der Waals surface area contributed by atoms with Crippen LogP contribution in [-0.2, 0) is 21.5 Å². The second-order valence-corrected chi connectivity index (χ2v) is 9.93. The summed E-state index contributed by atoms with van der Waals surface area (Å²) in [4.78, 5) is 25.7. The Balaban J connectivity index is 1.29. The fourth-order valence-electron chi connectivity index (χ4n) is 5.21. The molecule has 0 bridgehead atoms. The number of rotatable bonds is 6. The molecule has 4 heterocycles. The first kappa shape index (κ1) is 21.3. The lowest BCUT2D eigenvalue weighted by molar-refractivity contribution is -0.126. The highest BCUT2D eigenvalue weighted by Crippen LogP contribution is 2.43. The van der Waals surface area contributed by atoms with Gasteiger partial charge in [-0.2, -0.15) is 5.10 Å². The lowest BCUT2D eigenvalue weighted by atomic mass is 9.83. The molecular formula is C23H30N6O2S. The van der Waals surface area contributed by atoms with Gasteiger partial charge in [-0.1, -0.05) is 18.9 Å². The molecule has 0 spiro atoms. The van der Waals surface area contributed by atoms with Crippen LogP contribution >= 0.6 is 11.3 Å². The van der Waals surface area contributed by atoms with Crippen molar-refractivity contribution < 1.29 is 9.53 Å². The molecule has 1 aliphatic heterocycles. The molecule has 1 saturated heterocycles. The summed E-state index contributed by atoms with van der Waals surface area (Å²) in [5, 5.41) is 10.7. The molecule has 1 amide bonds. The summed E-state index contributed by atoms with van der Waals surface area (Å²) in [5.41, 5.74) is 0.434. The fourth-order valence-corrected chi connectivity index (χ4v) is 6.19. The van der Waals surface area contributed by atoms with Crippen LogP contribution in [0.25, 0.3) is 11.0 Å². The third kappa shape index (κ3) is 3.88. The van der Waals surface area contributed by atoms with Gasteiger partial charge in [-0.05, 0) is 38.1 Å². The number of aromatic nitrogens is 4. The normalized spacial score (nSPS) is 23.0. The van der Waals surface area contributed by atoms with Crippen molar-refractivity contribution in [2.24, 2.45) is 0 Å². The Morgan fingerprint density at radius 2 is 2.03 bits per heavy atom. The second-order valence-electron chi connectivity index (χ2n) is 8.99. The number of hydrogen-bond acceptors (Lipinski definition) is 7. The molecule has 0 radical (unpaired) electrons. The number of ether oxygens (including phenoxy) is 1. The van der Waals surface area contributed by atoms with Crippen molar-refractivity contribution >= 4 is 34.1 Å². The molecular weight excluding hydrogens is 424 g/mol. The molecule has 1 N–H and O–H groups in total. The molecule has 5 rings (SSSR count). The van der Waals surface area contributed by atoms with E-state index in [0.29, 0.717) is 13.1 Å². The van der Waals surface area contributed by atoms with E-state index in [0.717, 1.165) is 55.6 Å². The van der Waals surface area contributed by atoms with E-state index in [1.54, 1.807) is 17.7 Å². The van der Waals surface area contributed by atoms with Crippen LogP contribution in [0.3, 0.4) is 0 Å². The van der Waals surface area contributed by atoms with Crippen LogP contribution in [0, 0.1) is 0 Å². The zero-order valence-electron chi connectivity index (χ0n) is 18.7. The van der Waals surface area contributed by atoms with E-state index >= 15 is 0 Å². The van der Waals surface area contributed by atoms with Crippen molar-refractivity contribution in [2.45, 2.75) is 63.7 Å². The first-order valence-corrected chi connectivity index (χ1v) is 12.3. The van der Waals surface area contributed by atoms with Crippen molar-refractivity contribution in [1.29, 1.82) is 0 Å². The molecule has 1 aliphatic carbocycles. The number of nitrogens with one attached hydrogen (secondary N) is 1. The molecule has 3 aromatic rings. The maximum Gasteiger partial charge on any atom is 0.231 e. The number of nitrogens with zero attached hydrogens (tertiary/aromatic N) is 5. The predicted octanol–water partition coefficient (Wildman–Crippen LogP) is 3.13. The molecule has 170 valence electrons. The highest BCUT2D eigenvalue weighted by molar-refractivity contribution is 7.10. The number of fused-ring (bicyclic) bond motifs is 1. The standard InChI is InChI=1S/C23H30N6O2S/c1-16-13-28(14-17(2)31-16)20-18-12-27-29(21(18)26-15-25-20)10-9-24-22(30)23(7-3-4-8-23)19-6-5-11-32-19/h5-6,11-12,15-17H,3-4,7-10,13-14H2,1-2H3,(H,24,30). The van der Waals surface area contributed by atoms with Crippen LogP contribution in [0.4, 0.5) is 5.82 Å². The van der Waals surface area contributed by atoms with Gasteiger partial charge in [-0.25, -0.2) is 14.6 Å². The third-order valence-electron chi connectivity index (χ3n) is 6.63. The van der Waals surface area contributed by atoms with Crippen LogP contribution in [0.15, 0.2) is 30.0 Å². The minimum atomic E-state index is -0.362. The summed E-state index contributed by atoms with van der Waals surface area (Å²) in [6.07, 6.45) is 7.81. The number of hydrogen-bond donors (Lipinski definition) is 1. The summed E-state index contributed by atoms with van der Waals surface area (Å²) < 4.78 is 7.72. The van der Waals surface area contributed by atoms with Gasteiger partial charge in [0.1, 0.15) is 12.1 Å². The number of amides is 1. The van der Waals surface area contributed by atoms with Gasteiger partial charge in [-0.15, -0.1) is 11.3 Å². The van der Waals surface area contributed by atoms with Crippen LogP contribution in [0.5, 0.6) is 0 Å². The molecule has 8 nitrogen and oxygen atoms in total. The molecule has 2 atom stereocenters. The van der Waals surface area contributed by atoms with Gasteiger partial charge in [0.05, 0.1) is 35.8 Å². The number of morpholine rings is 1. The minimum absolute atomic E-state index is 0.139. The van der Waals surface area contributed by atoms with Crippen molar-refractivity contribution in [3.8, 4) is 0 Å². The summed E-state index contributed by atoms with van der Waals surface area (Å²) in [7, 11) is 0. The van der Waals surface area contributed by atoms with Crippen molar-refractivity contribution in [3.05, 3.63) is 34.9 Å². The molecule has 2 aliphatic rings. The number of carbonyl (C=O) groups excluding carboxylic acids is 1. The van der Waals surface area contributed by atoms with Crippen LogP contribution in [-0.4, -0.2) is 57.5 Å². The monoisotopic (exact) mass is 454 g/mol. The van der Waals surface area contributed by atoms with Crippen LogP contribution in [0.1, 0.15) is 44.4 Å². The summed E-state index contributed by atoms with van der Waals surface area (Å²) >= 11 is 1.69. The lowest BCUT2D eigenvalue weighted by Gasteiger charge is -2.36. The number of thiophene rings is 1. The Hall–Kier alpha value is -2.52. The van der Waals surface area contributed by atoms with Crippen LogP contribution < -0.4 is 10.2 Å². The quantitative estimate of drug-likeness (QED) is 0.616. The summed E-state index contributed by atoms with van der Waals surface area (Å²) in [6.45, 7) is 6.85. The van der Waals surface area contributed by atoms with E-state index in [-0.39, 0.29) is 23.5 Å². The fraction of sp³-hybridized carbons (Fsp3) is 0.565. The zero-order chi connectivity index (χ0) is 22.1. The first-order valence-electron chi connectivity index (χ1n) is 11.5. The zero-order valence-corrected chi connectivity index (χ0v) is 19.5. The van der Waals surface area contributed by atoms with Gasteiger partial charge in [0.2, 0.25) is 5.91 Å². The van der Waals surface area contributed by atoms with Gasteiger partial charge >= 0.3 is 0 Å². The minimum Gasteiger partial charge on any atom is -0.372 e. The summed E-state index contributed by atoms with van der Waals surface area (Å²) in [5.74, 6) is 1.04. The SMILES string of the molecule is CC1CN(c2ncnc3c2cnn3CCNC(=O)C2(c3cccs3)CCCC2)CC(C)O1. The molecule has 3 aromatic heterocycles. The Morgan fingerprint density at radius 3 is 2.75 bits per heavy atom. The van der Waals surface area contributed by atoms with E-state index in [4.69, 9.17) is 4.74 Å². The maximum atomic E-state index is 13.2. The molecule has 2 unspecified atom stereocenters. The highest BCUT2D eigenvalue weighted by atomic mass is 32.1. The third-order valence-corrected chi connectivity index (χ3v) is 7.70. The largest absolute Gasteiger partial charge is 0.372 e. The Morgan fingerprint density at radius 1 is 1.25 bits per heavy atom. The van der Waals surface area contributed by atoms with Gasteiger partial charge < -0.3 is 15.0 Å². The van der Waals surface area contributed by atoms with Crippen LogP contribution in [0.2, 0.25) is 0 Å². The van der Waals surface area contributed by atoms with E-state index in [9.17, 15) is 4.79 Å². The van der Waals surface area contributed by atoms with Crippen molar-refractivity contribution in [3.63, 3.8) is 0 Å². The highest BCUT2D eigenvalue weighted by Gasteiger charge is 2.43. The molecule has 2 fully saturated rings. The number of carbonyl (C=O) groups is 1. The van der Waals surface area contributed by atoms with Gasteiger partial charge in [0.15, 0.2) is 5.65 Å². The maximum absolute atomic E-state index is 13.2. The van der Waals surface area contributed by atoms with E-state index in [1.807, 2.05) is 16.9 Å². The van der Waals surface area contributed by atoms with Gasteiger partial charge in [0.25, 0.3) is 0 Å². The Bertz CT molecular complexity index is 1070. The Labute approximate surface area is 192 Å². The predicted molar refractivity (Wildman–Crippen MR) is 125 cm³/mol. The van der Waals surface area contributed by atoms with E-state index in [2.05, 4.69) is 50.6 Å². The molecule has 0 aromatic carbocycles. The second kappa shape index (κ2) is 8.78. The lowest BCUT2D eigenvalue weighted by Crippen LogP contribution is -2.45. The average molecular weight is 455 g/mol.